The Morgan fingerprint density at radius 2 is 1.57 bits per heavy atom. The van der Waals surface area contributed by atoms with Crippen LogP contribution in [0.1, 0.15) is 11.3 Å². The molecule has 0 bridgehead atoms. The molecule has 0 radical (unpaired) electrons. The molecule has 0 N–H and O–H groups in total. The van der Waals surface area contributed by atoms with Crippen molar-refractivity contribution in [2.45, 2.75) is 13.8 Å². The van der Waals surface area contributed by atoms with E-state index in [0.29, 0.717) is 11.6 Å². The van der Waals surface area contributed by atoms with Crippen molar-refractivity contribution >= 4 is 31.7 Å². The molecule has 1 aliphatic heterocycles. The predicted molar refractivity (Wildman–Crippen MR) is 138 cm³/mol. The monoisotopic (exact) mass is 829 g/mol. The van der Waals surface area contributed by atoms with E-state index in [4.69, 9.17) is 9.72 Å². The van der Waals surface area contributed by atoms with Crippen molar-refractivity contribution in [1.82, 2.24) is 9.97 Å². The van der Waals surface area contributed by atoms with Crippen LogP contribution in [-0.4, -0.2) is 31.7 Å². The molecule has 0 spiro atoms. The van der Waals surface area contributed by atoms with E-state index in [9.17, 15) is 0 Å². The van der Waals surface area contributed by atoms with Gasteiger partial charge >= 0.3 is 230 Å². The Labute approximate surface area is 228 Å². The maximum Gasteiger partial charge on any atom is 2.00 e. The molecule has 0 amide bonds. The number of pyridine rings is 2. The van der Waals surface area contributed by atoms with Gasteiger partial charge in [0.25, 0.3) is 0 Å². The molecule has 0 atom stereocenters. The smallest absolute Gasteiger partial charge is 2.00 e. The maximum atomic E-state index is 5.92. The first kappa shape index (κ1) is 24.0. The first-order valence-corrected chi connectivity index (χ1v) is 16.4. The Bertz CT molecular complexity index is 1520. The summed E-state index contributed by atoms with van der Waals surface area (Å²) in [6.45, 7) is 4.23. The maximum absolute atomic E-state index is 5.92. The number of hydrogen-bond acceptors (Lipinski definition) is 3. The SMILES string of the molecule is Cc1cc[c]([Bi]2[c]3[c-]c(-c4[c-]c(Oc5ccccn5)ccc4)ccc3-c3cccc[c]32)nc1C.[Pt+2]. The van der Waals surface area contributed by atoms with E-state index in [1.807, 2.05) is 30.3 Å². The van der Waals surface area contributed by atoms with Crippen LogP contribution in [0.2, 0.25) is 0 Å². The van der Waals surface area contributed by atoms with Crippen LogP contribution in [0.4, 0.5) is 0 Å². The third-order valence-electron chi connectivity index (χ3n) is 6.06. The van der Waals surface area contributed by atoms with Crippen molar-refractivity contribution in [2.24, 2.45) is 0 Å². The Morgan fingerprint density at radius 3 is 2.40 bits per heavy atom. The van der Waals surface area contributed by atoms with E-state index >= 15 is 0 Å². The van der Waals surface area contributed by atoms with Crippen LogP contribution < -0.4 is 14.7 Å². The van der Waals surface area contributed by atoms with Gasteiger partial charge < -0.3 is 0 Å². The van der Waals surface area contributed by atoms with Gasteiger partial charge in [0.15, 0.2) is 0 Å². The summed E-state index contributed by atoms with van der Waals surface area (Å²) >= 11 is -2.56. The molecule has 0 unspecified atom stereocenters. The van der Waals surface area contributed by atoms with Gasteiger partial charge in [0.2, 0.25) is 0 Å². The summed E-state index contributed by atoms with van der Waals surface area (Å²) in [5, 5.41) is 0. The number of benzene rings is 3. The Morgan fingerprint density at radius 1 is 0.743 bits per heavy atom. The van der Waals surface area contributed by atoms with Crippen molar-refractivity contribution < 1.29 is 25.8 Å². The fraction of sp³-hybridized carbons (Fsp3) is 0.0667. The molecule has 3 heterocycles. The standard InChI is InChI=1S/C23H13NO.C7H8N.Bi.Pt/c1-2-7-18(8-3-1)19-12-14-20(15-13-19)21-9-6-10-22(17-21)25-23-11-4-5-16-24-23;1-6-4-3-5-8-7(6)2;;/h1-7,9-12,14,16H;3-4H,1-2H3;;/q-2;;;+2. The summed E-state index contributed by atoms with van der Waals surface area (Å²) in [7, 11) is 0. The molecule has 0 saturated heterocycles. The topological polar surface area (TPSA) is 35.0 Å². The molecule has 0 fully saturated rings. The number of hydrogen-bond donors (Lipinski definition) is 0. The Kier molecular flexibility index (Phi) is 6.96. The predicted octanol–water partition coefficient (Wildman–Crippen LogP) is 4.65. The molecule has 1 aliphatic rings. The van der Waals surface area contributed by atoms with Gasteiger partial charge in [-0.2, -0.15) is 0 Å². The normalized spacial score (nSPS) is 11.9. The molecule has 2 aromatic heterocycles. The van der Waals surface area contributed by atoms with E-state index in [2.05, 4.69) is 85.6 Å². The summed E-state index contributed by atoms with van der Waals surface area (Å²) in [5.74, 6) is 1.20. The molecule has 5 aromatic rings. The zero-order valence-corrected chi connectivity index (χ0v) is 25.0. The Balaban J connectivity index is 0.00000253. The van der Waals surface area contributed by atoms with Gasteiger partial charge in [0.1, 0.15) is 0 Å². The third kappa shape index (κ3) is 4.63. The van der Waals surface area contributed by atoms with Gasteiger partial charge in [-0.05, 0) is 0 Å². The summed E-state index contributed by atoms with van der Waals surface area (Å²) in [6.07, 6.45) is 1.72. The van der Waals surface area contributed by atoms with Gasteiger partial charge in [-0.25, -0.2) is 0 Å². The number of aromatic nitrogens is 2. The van der Waals surface area contributed by atoms with Crippen LogP contribution in [0.25, 0.3) is 22.3 Å². The molecule has 0 aliphatic carbocycles. The fourth-order valence-corrected chi connectivity index (χ4v) is 14.0. The zero-order chi connectivity index (χ0) is 23.1. The minimum atomic E-state index is -2.56. The van der Waals surface area contributed by atoms with Crippen molar-refractivity contribution in [3.05, 3.63) is 115 Å². The van der Waals surface area contributed by atoms with Gasteiger partial charge in [-0.3, -0.25) is 0 Å². The largest absolute Gasteiger partial charge is 2.00 e. The molecule has 6 rings (SSSR count). The number of aryl methyl sites for hydroxylation is 2. The second kappa shape index (κ2) is 10.1. The molecule has 3 aromatic carbocycles. The molecule has 3 nitrogen and oxygen atoms in total. The van der Waals surface area contributed by atoms with E-state index < -0.39 is 21.8 Å². The van der Waals surface area contributed by atoms with Crippen LogP contribution in [-0.2, 0) is 21.1 Å². The average molecular weight is 830 g/mol. The first-order valence-electron chi connectivity index (χ1n) is 11.2. The van der Waals surface area contributed by atoms with Crippen molar-refractivity contribution in [2.75, 3.05) is 0 Å². The van der Waals surface area contributed by atoms with Crippen molar-refractivity contribution in [1.29, 1.82) is 0 Å². The fourth-order valence-electron chi connectivity index (χ4n) is 4.21. The van der Waals surface area contributed by atoms with Gasteiger partial charge in [-0.1, -0.05) is 0 Å². The number of nitrogens with zero attached hydrogens (tertiary/aromatic N) is 2. The second-order valence-corrected chi connectivity index (χ2v) is 16.3. The van der Waals surface area contributed by atoms with E-state index in [0.717, 1.165) is 16.8 Å². The van der Waals surface area contributed by atoms with Gasteiger partial charge in [0.05, 0.1) is 0 Å². The van der Waals surface area contributed by atoms with E-state index in [1.165, 1.54) is 26.6 Å². The minimum Gasteiger partial charge on any atom is 2.00 e. The van der Waals surface area contributed by atoms with Crippen LogP contribution >= 0.6 is 0 Å². The summed E-state index contributed by atoms with van der Waals surface area (Å²) in [5.41, 5.74) is 6.98. The molecular formula is C30H21BiN2OPt. The van der Waals surface area contributed by atoms with Crippen LogP contribution in [0.5, 0.6) is 11.6 Å². The molecular weight excluding hydrogens is 808 g/mol. The van der Waals surface area contributed by atoms with Gasteiger partial charge in [-0.15, -0.1) is 0 Å². The summed E-state index contributed by atoms with van der Waals surface area (Å²) < 4.78 is 10.0. The summed E-state index contributed by atoms with van der Waals surface area (Å²) in [6, 6.07) is 36.5. The summed E-state index contributed by atoms with van der Waals surface area (Å²) in [4.78, 5) is 9.31. The number of rotatable bonds is 4. The molecule has 35 heavy (non-hydrogen) atoms. The minimum absolute atomic E-state index is 0. The molecule has 172 valence electrons. The van der Waals surface area contributed by atoms with Crippen molar-refractivity contribution in [3.8, 4) is 33.9 Å². The quantitative estimate of drug-likeness (QED) is 0.192. The van der Waals surface area contributed by atoms with Crippen LogP contribution in [0.3, 0.4) is 0 Å². The second-order valence-electron chi connectivity index (χ2n) is 8.26. The third-order valence-corrected chi connectivity index (χ3v) is 15.3. The van der Waals surface area contributed by atoms with E-state index in [1.54, 1.807) is 6.20 Å². The molecule has 0 saturated carbocycles. The van der Waals surface area contributed by atoms with Gasteiger partial charge in [0, 0.05) is 0 Å². The zero-order valence-electron chi connectivity index (χ0n) is 19.2. The van der Waals surface area contributed by atoms with E-state index in [-0.39, 0.29) is 21.1 Å². The Hall–Kier alpha value is -2.67. The number of fused-ring (bicyclic) bond motifs is 3. The number of ether oxygens (including phenoxy) is 1. The van der Waals surface area contributed by atoms with Crippen LogP contribution in [0, 0.1) is 26.0 Å². The van der Waals surface area contributed by atoms with Crippen molar-refractivity contribution in [3.63, 3.8) is 0 Å². The first-order chi connectivity index (χ1) is 16.7. The average Bonchev–Trinajstić information content (AvgIpc) is 3.20. The molecule has 5 heteroatoms. The van der Waals surface area contributed by atoms with Crippen LogP contribution in [0.15, 0.2) is 91.1 Å².